The van der Waals surface area contributed by atoms with Gasteiger partial charge >= 0.3 is 0 Å². The van der Waals surface area contributed by atoms with E-state index in [9.17, 15) is 5.11 Å². The molecule has 3 atom stereocenters. The zero-order chi connectivity index (χ0) is 13.0. The average molecular weight is 270 g/mol. The third-order valence-electron chi connectivity index (χ3n) is 3.40. The van der Waals surface area contributed by atoms with Gasteiger partial charge in [0.15, 0.2) is 0 Å². The van der Waals surface area contributed by atoms with Crippen molar-refractivity contribution in [2.24, 2.45) is 0 Å². The first-order chi connectivity index (χ1) is 8.70. The van der Waals surface area contributed by atoms with Crippen LogP contribution in [0.2, 0.25) is 0 Å². The van der Waals surface area contributed by atoms with E-state index in [1.807, 2.05) is 28.7 Å². The van der Waals surface area contributed by atoms with Gasteiger partial charge in [-0.05, 0) is 19.4 Å². The summed E-state index contributed by atoms with van der Waals surface area (Å²) in [6, 6.07) is 2.41. The van der Waals surface area contributed by atoms with Crippen molar-refractivity contribution >= 4 is 11.8 Å². The van der Waals surface area contributed by atoms with Crippen LogP contribution in [0.3, 0.4) is 0 Å². The third-order valence-corrected chi connectivity index (χ3v) is 4.41. The Morgan fingerprint density at radius 1 is 1.67 bits per heavy atom. The van der Waals surface area contributed by atoms with Crippen LogP contribution in [0.4, 0.5) is 0 Å². The minimum Gasteiger partial charge on any atom is -0.390 e. The van der Waals surface area contributed by atoms with Crippen LogP contribution in [0.1, 0.15) is 32.0 Å². The SMILES string of the molecule is CCC(C)n1ccc(CC(O)C2CSCCO2)n1. The Kier molecular flexibility index (Phi) is 5.09. The molecule has 0 amide bonds. The van der Waals surface area contributed by atoms with Gasteiger partial charge in [-0.2, -0.15) is 16.9 Å². The number of aliphatic hydroxyl groups is 1. The summed E-state index contributed by atoms with van der Waals surface area (Å²) in [6.07, 6.45) is 3.14. The van der Waals surface area contributed by atoms with Crippen LogP contribution in [-0.2, 0) is 11.2 Å². The smallest absolute Gasteiger partial charge is 0.0928 e. The number of ether oxygens (including phenoxy) is 1. The lowest BCUT2D eigenvalue weighted by atomic mass is 10.1. The van der Waals surface area contributed by atoms with Gasteiger partial charge in [0.2, 0.25) is 0 Å². The first-order valence-corrected chi connectivity index (χ1v) is 7.77. The molecule has 102 valence electrons. The number of hydrogen-bond donors (Lipinski definition) is 1. The molecule has 1 aliphatic heterocycles. The summed E-state index contributed by atoms with van der Waals surface area (Å²) >= 11 is 1.85. The lowest BCUT2D eigenvalue weighted by molar-refractivity contribution is -0.0212. The molecule has 0 spiro atoms. The van der Waals surface area contributed by atoms with E-state index in [1.54, 1.807) is 0 Å². The Labute approximate surface area is 113 Å². The van der Waals surface area contributed by atoms with Crippen molar-refractivity contribution in [1.82, 2.24) is 9.78 Å². The maximum Gasteiger partial charge on any atom is 0.0928 e. The van der Waals surface area contributed by atoms with Crippen molar-refractivity contribution in [3.63, 3.8) is 0 Å². The normalized spacial score (nSPS) is 23.8. The molecule has 0 saturated carbocycles. The Morgan fingerprint density at radius 3 is 3.17 bits per heavy atom. The second-order valence-corrected chi connectivity index (χ2v) is 5.95. The van der Waals surface area contributed by atoms with Gasteiger partial charge in [-0.25, -0.2) is 0 Å². The highest BCUT2D eigenvalue weighted by atomic mass is 32.2. The van der Waals surface area contributed by atoms with Crippen molar-refractivity contribution in [2.75, 3.05) is 18.1 Å². The molecule has 5 heteroatoms. The summed E-state index contributed by atoms with van der Waals surface area (Å²) in [7, 11) is 0. The topological polar surface area (TPSA) is 47.3 Å². The number of hydrogen-bond acceptors (Lipinski definition) is 4. The molecule has 1 aliphatic rings. The number of aliphatic hydroxyl groups excluding tert-OH is 1. The Hall–Kier alpha value is -0.520. The maximum atomic E-state index is 10.1. The highest BCUT2D eigenvalue weighted by Gasteiger charge is 2.23. The number of aromatic nitrogens is 2. The Balaban J connectivity index is 1.90. The van der Waals surface area contributed by atoms with Crippen LogP contribution in [0, 0.1) is 0 Å². The molecule has 2 rings (SSSR count). The zero-order valence-corrected chi connectivity index (χ0v) is 11.9. The summed E-state index contributed by atoms with van der Waals surface area (Å²) in [5.74, 6) is 1.92. The third kappa shape index (κ3) is 3.49. The summed E-state index contributed by atoms with van der Waals surface area (Å²) in [5.41, 5.74) is 0.946. The number of nitrogens with zero attached hydrogens (tertiary/aromatic N) is 2. The van der Waals surface area contributed by atoms with Crippen LogP contribution < -0.4 is 0 Å². The molecule has 0 radical (unpaired) electrons. The molecule has 1 fully saturated rings. The lowest BCUT2D eigenvalue weighted by Crippen LogP contribution is -2.36. The molecule has 0 bridgehead atoms. The van der Waals surface area contributed by atoms with Gasteiger partial charge in [0, 0.05) is 30.2 Å². The molecule has 2 heterocycles. The summed E-state index contributed by atoms with van der Waals surface area (Å²) in [6.45, 7) is 5.04. The minimum absolute atomic E-state index is 0.0440. The predicted octanol–water partition coefficient (Wildman–Crippen LogP) is 1.89. The van der Waals surface area contributed by atoms with Crippen LogP contribution in [-0.4, -0.2) is 45.2 Å². The quantitative estimate of drug-likeness (QED) is 0.887. The van der Waals surface area contributed by atoms with E-state index in [0.717, 1.165) is 30.2 Å². The van der Waals surface area contributed by atoms with E-state index in [2.05, 4.69) is 18.9 Å². The van der Waals surface area contributed by atoms with E-state index in [-0.39, 0.29) is 6.10 Å². The molecule has 1 N–H and O–H groups in total. The van der Waals surface area contributed by atoms with Gasteiger partial charge in [0.05, 0.1) is 24.5 Å². The van der Waals surface area contributed by atoms with Crippen LogP contribution in [0.5, 0.6) is 0 Å². The largest absolute Gasteiger partial charge is 0.390 e. The highest BCUT2D eigenvalue weighted by Crippen LogP contribution is 2.18. The summed E-state index contributed by atoms with van der Waals surface area (Å²) < 4.78 is 7.55. The molecular weight excluding hydrogens is 248 g/mol. The van der Waals surface area contributed by atoms with Gasteiger partial charge in [0.25, 0.3) is 0 Å². The molecule has 4 nitrogen and oxygen atoms in total. The minimum atomic E-state index is -0.446. The van der Waals surface area contributed by atoms with Gasteiger partial charge in [-0.1, -0.05) is 6.92 Å². The molecule has 3 unspecified atom stereocenters. The van der Waals surface area contributed by atoms with Crippen molar-refractivity contribution < 1.29 is 9.84 Å². The summed E-state index contributed by atoms with van der Waals surface area (Å²) in [5, 5.41) is 14.7. The molecular formula is C13H22N2O2S. The fraction of sp³-hybridized carbons (Fsp3) is 0.769. The predicted molar refractivity (Wildman–Crippen MR) is 74.0 cm³/mol. The molecule has 1 saturated heterocycles. The van der Waals surface area contributed by atoms with Gasteiger partial charge in [0.1, 0.15) is 0 Å². The van der Waals surface area contributed by atoms with E-state index < -0.39 is 6.10 Å². The molecule has 1 aromatic heterocycles. The van der Waals surface area contributed by atoms with Gasteiger partial charge in [-0.3, -0.25) is 4.68 Å². The monoisotopic (exact) mass is 270 g/mol. The van der Waals surface area contributed by atoms with Crippen molar-refractivity contribution in [3.05, 3.63) is 18.0 Å². The molecule has 0 aromatic carbocycles. The van der Waals surface area contributed by atoms with Crippen LogP contribution in [0.15, 0.2) is 12.3 Å². The highest BCUT2D eigenvalue weighted by molar-refractivity contribution is 7.99. The van der Waals surface area contributed by atoms with E-state index in [0.29, 0.717) is 12.5 Å². The second-order valence-electron chi connectivity index (χ2n) is 4.80. The molecule has 0 aliphatic carbocycles. The lowest BCUT2D eigenvalue weighted by Gasteiger charge is -2.26. The first-order valence-electron chi connectivity index (χ1n) is 6.62. The van der Waals surface area contributed by atoms with Crippen molar-refractivity contribution in [1.29, 1.82) is 0 Å². The van der Waals surface area contributed by atoms with E-state index in [4.69, 9.17) is 4.74 Å². The Morgan fingerprint density at radius 2 is 2.50 bits per heavy atom. The Bertz CT molecular complexity index is 364. The van der Waals surface area contributed by atoms with Crippen LogP contribution >= 0.6 is 11.8 Å². The molecule has 18 heavy (non-hydrogen) atoms. The molecule has 1 aromatic rings. The fourth-order valence-corrected chi connectivity index (χ4v) is 2.92. The fourth-order valence-electron chi connectivity index (χ4n) is 1.99. The first kappa shape index (κ1) is 13.9. The van der Waals surface area contributed by atoms with Crippen molar-refractivity contribution in [3.8, 4) is 0 Å². The standard InChI is InChI=1S/C13H22N2O2S/c1-3-10(2)15-5-4-11(14-15)8-12(16)13-9-18-7-6-17-13/h4-5,10,12-13,16H,3,6-9H2,1-2H3. The van der Waals surface area contributed by atoms with Gasteiger partial charge in [-0.15, -0.1) is 0 Å². The number of thioether (sulfide) groups is 1. The van der Waals surface area contributed by atoms with E-state index >= 15 is 0 Å². The maximum absolute atomic E-state index is 10.1. The average Bonchev–Trinajstić information content (AvgIpc) is 2.87. The van der Waals surface area contributed by atoms with Crippen molar-refractivity contribution in [2.45, 2.75) is 44.9 Å². The van der Waals surface area contributed by atoms with Crippen LogP contribution in [0.25, 0.3) is 0 Å². The van der Waals surface area contributed by atoms with Gasteiger partial charge < -0.3 is 9.84 Å². The summed E-state index contributed by atoms with van der Waals surface area (Å²) in [4.78, 5) is 0. The second kappa shape index (κ2) is 6.59. The zero-order valence-electron chi connectivity index (χ0n) is 11.1. The van der Waals surface area contributed by atoms with E-state index in [1.165, 1.54) is 0 Å². The number of rotatable bonds is 5.